The Morgan fingerprint density at radius 2 is 2.50 bits per heavy atom. The molecule has 4 heteroatoms. The monoisotopic (exact) mass is 105 g/mol. The fourth-order valence-electron chi connectivity index (χ4n) is 0.0417. The molecule has 0 bridgehead atoms. The van der Waals surface area contributed by atoms with Crippen molar-refractivity contribution in [2.75, 3.05) is 6.54 Å². The van der Waals surface area contributed by atoms with Gasteiger partial charge in [-0.15, -0.1) is 0 Å². The number of nitrogens with one attached hydrogen (secondary N) is 1. The fraction of sp³-hybridized carbons (Fsp3) is 0.500. The van der Waals surface area contributed by atoms with Gasteiger partial charge in [-0.1, -0.05) is 0 Å². The first-order valence-corrected chi connectivity index (χ1v) is 2.23. The molecule has 0 rings (SSSR count). The van der Waals surface area contributed by atoms with Crippen LogP contribution in [0.5, 0.6) is 0 Å². The van der Waals surface area contributed by atoms with Crippen molar-refractivity contribution in [3.05, 3.63) is 0 Å². The van der Waals surface area contributed by atoms with Crippen LogP contribution in [0.4, 0.5) is 0 Å². The third-order valence-corrected chi connectivity index (χ3v) is 0.683. The summed E-state index contributed by atoms with van der Waals surface area (Å²) in [6, 6.07) is 0. The molecule has 0 heterocycles. The second kappa shape index (κ2) is 3.14. The van der Waals surface area contributed by atoms with Crippen LogP contribution in [0, 0.1) is 0 Å². The van der Waals surface area contributed by atoms with Crippen molar-refractivity contribution in [1.29, 1.82) is 0 Å². The summed E-state index contributed by atoms with van der Waals surface area (Å²) in [5, 5.41) is 4.43. The minimum atomic E-state index is -0.296. The molecule has 3 nitrogen and oxygen atoms in total. The molecule has 0 saturated carbocycles. The summed E-state index contributed by atoms with van der Waals surface area (Å²) >= 11 is 0.598. The summed E-state index contributed by atoms with van der Waals surface area (Å²) in [6.07, 6.45) is 0. The van der Waals surface area contributed by atoms with Crippen molar-refractivity contribution in [2.45, 2.75) is 0 Å². The van der Waals surface area contributed by atoms with Crippen molar-refractivity contribution >= 4 is 17.1 Å². The number of nitrogens with two attached hydrogens (primary N) is 1. The van der Waals surface area contributed by atoms with Gasteiger partial charge in [0.1, 0.15) is 0 Å². The lowest BCUT2D eigenvalue weighted by Crippen LogP contribution is -2.01. The summed E-state index contributed by atoms with van der Waals surface area (Å²) in [5.41, 5.74) is 6.36. The summed E-state index contributed by atoms with van der Waals surface area (Å²) in [6.45, 7) is -0.221. The Balaban J connectivity index is 2.99. The quantitative estimate of drug-likeness (QED) is 0.453. The predicted molar refractivity (Wildman–Crippen MR) is 24.7 cm³/mol. The lowest BCUT2D eigenvalue weighted by Gasteiger charge is -1.80. The molecule has 3 N–H and O–H groups in total. The third-order valence-electron chi connectivity index (χ3n) is 0.276. The van der Waals surface area contributed by atoms with Crippen LogP contribution in [0.1, 0.15) is 0 Å². The molecule has 6 heavy (non-hydrogen) atoms. The molecule has 0 aromatic rings. The molecule has 0 amide bonds. The highest BCUT2D eigenvalue weighted by molar-refractivity contribution is 8.11. The molecule has 0 aliphatic rings. The van der Waals surface area contributed by atoms with Gasteiger partial charge in [-0.25, -0.2) is 5.73 Å². The Hall–Kier alpha value is -0.0600. The van der Waals surface area contributed by atoms with Crippen LogP contribution >= 0.6 is 11.9 Å². The van der Waals surface area contributed by atoms with Crippen molar-refractivity contribution < 1.29 is 4.79 Å². The average molecular weight is 105 g/mol. The van der Waals surface area contributed by atoms with E-state index >= 15 is 0 Å². The van der Waals surface area contributed by atoms with E-state index < -0.39 is 0 Å². The second-order valence-electron chi connectivity index (χ2n) is 0.667. The standard InChI is InChI=1S/C2H5N2OS/c3-1-2(5)6-4/h3H,1,4H2. The zero-order valence-corrected chi connectivity index (χ0v) is 3.92. The Labute approximate surface area is 40.2 Å². The molecular weight excluding hydrogens is 100 g/mol. The van der Waals surface area contributed by atoms with Gasteiger partial charge in [-0.05, 0) is 11.9 Å². The third kappa shape index (κ3) is 2.19. The van der Waals surface area contributed by atoms with Gasteiger partial charge in [0.25, 0.3) is 0 Å². The maximum atomic E-state index is 9.83. The van der Waals surface area contributed by atoms with Gasteiger partial charge in [0.2, 0.25) is 5.12 Å². The zero-order valence-electron chi connectivity index (χ0n) is 3.10. The van der Waals surface area contributed by atoms with Crippen molar-refractivity contribution in [2.24, 2.45) is 5.14 Å². The SMILES string of the molecule is [NH]CC(=O)SN. The van der Waals surface area contributed by atoms with Gasteiger partial charge in [0.05, 0.1) is 6.54 Å². The van der Waals surface area contributed by atoms with E-state index in [4.69, 9.17) is 10.9 Å². The van der Waals surface area contributed by atoms with E-state index in [1.54, 1.807) is 0 Å². The molecular formula is C2H5N2OS. The van der Waals surface area contributed by atoms with Crippen molar-refractivity contribution in [3.63, 3.8) is 0 Å². The molecule has 0 saturated heterocycles. The summed E-state index contributed by atoms with van der Waals surface area (Å²) in [4.78, 5) is 9.83. The maximum Gasteiger partial charge on any atom is 0.218 e. The van der Waals surface area contributed by atoms with Gasteiger partial charge < -0.3 is 0 Å². The largest absolute Gasteiger partial charge is 0.284 e. The summed E-state index contributed by atoms with van der Waals surface area (Å²) < 4.78 is 0. The maximum absolute atomic E-state index is 9.83. The molecule has 0 aliphatic carbocycles. The van der Waals surface area contributed by atoms with Crippen LogP contribution in [0.15, 0.2) is 0 Å². The normalized spacial score (nSPS) is 8.33. The zero-order chi connectivity index (χ0) is 4.99. The predicted octanol–water partition coefficient (Wildman–Crippen LogP) is -0.597. The first-order valence-electron chi connectivity index (χ1n) is 1.35. The highest BCUT2D eigenvalue weighted by atomic mass is 32.2. The number of carbonyl (C=O) groups is 1. The molecule has 0 atom stereocenters. The molecule has 0 aliphatic heterocycles. The van der Waals surface area contributed by atoms with Gasteiger partial charge in [-0.2, -0.15) is 0 Å². The van der Waals surface area contributed by atoms with Crippen LogP contribution in [0.3, 0.4) is 0 Å². The van der Waals surface area contributed by atoms with Gasteiger partial charge in [-0.3, -0.25) is 9.93 Å². The first kappa shape index (κ1) is 5.94. The van der Waals surface area contributed by atoms with Crippen molar-refractivity contribution in [3.8, 4) is 0 Å². The van der Waals surface area contributed by atoms with E-state index in [2.05, 4.69) is 0 Å². The smallest absolute Gasteiger partial charge is 0.218 e. The molecule has 35 valence electrons. The minimum absolute atomic E-state index is 0.221. The van der Waals surface area contributed by atoms with Crippen LogP contribution < -0.4 is 10.9 Å². The van der Waals surface area contributed by atoms with Crippen LogP contribution in [-0.4, -0.2) is 11.7 Å². The summed E-state index contributed by atoms with van der Waals surface area (Å²) in [7, 11) is 0. The minimum Gasteiger partial charge on any atom is -0.284 e. The van der Waals surface area contributed by atoms with E-state index in [9.17, 15) is 4.79 Å². The topological polar surface area (TPSA) is 66.9 Å². The van der Waals surface area contributed by atoms with Crippen LogP contribution in [0.25, 0.3) is 0 Å². The molecule has 1 radical (unpaired) electrons. The lowest BCUT2D eigenvalue weighted by molar-refractivity contribution is -0.109. The first-order chi connectivity index (χ1) is 2.81. The Kier molecular flexibility index (Phi) is 3.11. The highest BCUT2D eigenvalue weighted by Crippen LogP contribution is 1.82. The highest BCUT2D eigenvalue weighted by Gasteiger charge is 1.89. The Bertz CT molecular complexity index is 49.5. The lowest BCUT2D eigenvalue weighted by atomic mass is 10.8. The van der Waals surface area contributed by atoms with E-state index in [1.807, 2.05) is 0 Å². The average Bonchev–Trinajstić information content (AvgIpc) is 1.65. The Morgan fingerprint density at radius 3 is 2.50 bits per heavy atom. The number of carbonyl (C=O) groups excluding carboxylic acids is 1. The van der Waals surface area contributed by atoms with Gasteiger partial charge >= 0.3 is 0 Å². The second-order valence-corrected chi connectivity index (χ2v) is 1.36. The van der Waals surface area contributed by atoms with E-state index in [-0.39, 0.29) is 11.7 Å². The van der Waals surface area contributed by atoms with Crippen molar-refractivity contribution in [1.82, 2.24) is 5.73 Å². The number of hydrogen-bond acceptors (Lipinski definition) is 3. The van der Waals surface area contributed by atoms with Gasteiger partial charge in [0, 0.05) is 0 Å². The fourth-order valence-corrected chi connectivity index (χ4v) is 0.125. The Morgan fingerprint density at radius 1 is 2.00 bits per heavy atom. The molecule has 0 aromatic heterocycles. The number of hydrogen-bond donors (Lipinski definition) is 1. The number of rotatable bonds is 1. The molecule has 0 unspecified atom stereocenters. The van der Waals surface area contributed by atoms with E-state index in [1.165, 1.54) is 0 Å². The van der Waals surface area contributed by atoms with E-state index in [0.717, 1.165) is 0 Å². The molecule has 0 aromatic carbocycles. The van der Waals surface area contributed by atoms with Gasteiger partial charge in [0.15, 0.2) is 0 Å². The molecule has 0 spiro atoms. The van der Waals surface area contributed by atoms with Crippen LogP contribution in [-0.2, 0) is 4.79 Å². The summed E-state index contributed by atoms with van der Waals surface area (Å²) in [5.74, 6) is 0. The van der Waals surface area contributed by atoms with E-state index in [0.29, 0.717) is 11.9 Å². The van der Waals surface area contributed by atoms with Crippen LogP contribution in [0.2, 0.25) is 0 Å². The molecule has 0 fully saturated rings.